The molecule has 0 aromatic heterocycles. The molecule has 1 heterocycles. The lowest BCUT2D eigenvalue weighted by atomic mass is 9.86. The number of carbonyl (C=O) groups excluding carboxylic acids is 1. The number of nitrogens with zero attached hydrogens (tertiary/aromatic N) is 2. The summed E-state index contributed by atoms with van der Waals surface area (Å²) in [6.45, 7) is 5.28. The van der Waals surface area contributed by atoms with Crippen molar-refractivity contribution >= 4 is 5.91 Å². The van der Waals surface area contributed by atoms with Gasteiger partial charge in [0.1, 0.15) is 6.04 Å². The number of fused-ring (bicyclic) bond motifs is 1. The van der Waals surface area contributed by atoms with Crippen molar-refractivity contribution in [3.05, 3.63) is 0 Å². The molecule has 0 spiro atoms. The van der Waals surface area contributed by atoms with E-state index in [1.807, 2.05) is 0 Å². The van der Waals surface area contributed by atoms with Gasteiger partial charge in [-0.25, -0.2) is 0 Å². The van der Waals surface area contributed by atoms with Crippen molar-refractivity contribution < 1.29 is 9.90 Å². The summed E-state index contributed by atoms with van der Waals surface area (Å²) in [5.74, 6) is 1.56. The number of hydrogen-bond acceptors (Lipinski definition) is 4. The molecular weight excluding hydrogens is 290 g/mol. The largest absolute Gasteiger partial charge is 0.390 e. The van der Waals surface area contributed by atoms with Crippen molar-refractivity contribution in [3.63, 3.8) is 0 Å². The highest BCUT2D eigenvalue weighted by molar-refractivity contribution is 5.79. The van der Waals surface area contributed by atoms with Gasteiger partial charge in [-0.1, -0.05) is 13.8 Å². The van der Waals surface area contributed by atoms with Gasteiger partial charge in [0, 0.05) is 12.6 Å². The van der Waals surface area contributed by atoms with E-state index >= 15 is 0 Å². The number of amides is 1. The number of hydrogen-bond donors (Lipinski definition) is 2. The Hall–Kier alpha value is -1.12. The fourth-order valence-electron chi connectivity index (χ4n) is 4.87. The van der Waals surface area contributed by atoms with Crippen LogP contribution in [-0.2, 0) is 4.79 Å². The Kier molecular flexibility index (Phi) is 4.66. The van der Waals surface area contributed by atoms with E-state index in [1.54, 1.807) is 4.90 Å². The van der Waals surface area contributed by atoms with E-state index in [0.29, 0.717) is 30.3 Å². The monoisotopic (exact) mass is 319 g/mol. The van der Waals surface area contributed by atoms with Crippen LogP contribution in [0.4, 0.5) is 0 Å². The van der Waals surface area contributed by atoms with Crippen LogP contribution in [0.25, 0.3) is 0 Å². The number of aliphatic hydroxyl groups is 1. The fourth-order valence-corrected chi connectivity index (χ4v) is 4.87. The van der Waals surface area contributed by atoms with Gasteiger partial charge in [0.25, 0.3) is 0 Å². The molecule has 1 amide bonds. The maximum Gasteiger partial charge on any atom is 0.237 e. The predicted octanol–water partition coefficient (Wildman–Crippen LogP) is 1.67. The van der Waals surface area contributed by atoms with E-state index in [4.69, 9.17) is 5.26 Å². The first kappa shape index (κ1) is 16.7. The molecule has 3 aliphatic rings. The zero-order valence-corrected chi connectivity index (χ0v) is 14.3. The van der Waals surface area contributed by atoms with Gasteiger partial charge < -0.3 is 15.3 Å². The highest BCUT2D eigenvalue weighted by Crippen LogP contribution is 2.51. The van der Waals surface area contributed by atoms with Gasteiger partial charge in [0.2, 0.25) is 5.91 Å². The molecule has 0 unspecified atom stereocenters. The molecule has 0 bridgehead atoms. The van der Waals surface area contributed by atoms with Crippen molar-refractivity contribution in [3.8, 4) is 6.07 Å². The van der Waals surface area contributed by atoms with E-state index in [9.17, 15) is 9.90 Å². The normalized spacial score (nSPS) is 39.7. The van der Waals surface area contributed by atoms with E-state index < -0.39 is 5.60 Å². The molecule has 5 atom stereocenters. The summed E-state index contributed by atoms with van der Waals surface area (Å²) in [5.41, 5.74) is -0.480. The third-order valence-electron chi connectivity index (χ3n) is 6.41. The van der Waals surface area contributed by atoms with Crippen LogP contribution in [-0.4, -0.2) is 46.7 Å². The summed E-state index contributed by atoms with van der Waals surface area (Å²) in [4.78, 5) is 14.0. The minimum Gasteiger partial charge on any atom is -0.390 e. The van der Waals surface area contributed by atoms with Crippen LogP contribution in [0.3, 0.4) is 0 Å². The zero-order valence-electron chi connectivity index (χ0n) is 14.3. The summed E-state index contributed by atoms with van der Waals surface area (Å²) >= 11 is 0. The molecule has 2 aliphatic carbocycles. The first-order chi connectivity index (χ1) is 10.9. The predicted molar refractivity (Wildman–Crippen MR) is 87.4 cm³/mol. The van der Waals surface area contributed by atoms with Gasteiger partial charge in [-0.15, -0.1) is 0 Å². The topological polar surface area (TPSA) is 76.4 Å². The lowest BCUT2D eigenvalue weighted by molar-refractivity contribution is -0.130. The molecule has 5 heteroatoms. The molecule has 5 nitrogen and oxygen atoms in total. The Morgan fingerprint density at radius 3 is 2.61 bits per heavy atom. The van der Waals surface area contributed by atoms with Crippen LogP contribution >= 0.6 is 0 Å². The van der Waals surface area contributed by atoms with Crippen molar-refractivity contribution in [2.45, 2.75) is 70.1 Å². The van der Waals surface area contributed by atoms with Gasteiger partial charge in [0.05, 0.1) is 18.2 Å². The molecule has 2 saturated carbocycles. The zero-order chi connectivity index (χ0) is 16.6. The molecule has 23 heavy (non-hydrogen) atoms. The highest BCUT2D eigenvalue weighted by atomic mass is 16.3. The summed E-state index contributed by atoms with van der Waals surface area (Å²) in [5, 5.41) is 23.2. The van der Waals surface area contributed by atoms with E-state index in [-0.39, 0.29) is 11.9 Å². The van der Waals surface area contributed by atoms with Crippen LogP contribution < -0.4 is 5.32 Å². The summed E-state index contributed by atoms with van der Waals surface area (Å²) in [6.07, 6.45) is 5.69. The maximum absolute atomic E-state index is 12.3. The van der Waals surface area contributed by atoms with E-state index in [2.05, 4.69) is 25.2 Å². The molecule has 0 radical (unpaired) electrons. The Labute approximate surface area is 139 Å². The second kappa shape index (κ2) is 6.41. The molecule has 2 N–H and O–H groups in total. The summed E-state index contributed by atoms with van der Waals surface area (Å²) in [7, 11) is 0. The number of rotatable bonds is 4. The smallest absolute Gasteiger partial charge is 0.237 e. The Balaban J connectivity index is 1.46. The van der Waals surface area contributed by atoms with Crippen molar-refractivity contribution in [1.29, 1.82) is 5.26 Å². The molecule has 1 aliphatic heterocycles. The SMILES string of the molecule is CC(C)[C@@]1(O)C[C@H]2C[C@@H](NCC(=O)N3CCC[C@H]3C#N)C[C@H]2C1. The van der Waals surface area contributed by atoms with Crippen LogP contribution in [0.5, 0.6) is 0 Å². The van der Waals surface area contributed by atoms with Crippen molar-refractivity contribution in [2.75, 3.05) is 13.1 Å². The number of carbonyl (C=O) groups is 1. The molecule has 1 saturated heterocycles. The van der Waals surface area contributed by atoms with Gasteiger partial charge in [-0.05, 0) is 56.3 Å². The maximum atomic E-state index is 12.3. The Morgan fingerprint density at radius 1 is 1.39 bits per heavy atom. The van der Waals surface area contributed by atoms with Crippen LogP contribution in [0.1, 0.15) is 52.4 Å². The lowest BCUT2D eigenvalue weighted by Gasteiger charge is -2.29. The molecule has 0 aromatic rings. The quantitative estimate of drug-likeness (QED) is 0.826. The first-order valence-corrected chi connectivity index (χ1v) is 9.08. The second-order valence-electron chi connectivity index (χ2n) is 8.11. The number of nitriles is 1. The molecule has 3 rings (SSSR count). The molecule has 3 fully saturated rings. The number of likely N-dealkylation sites (tertiary alicyclic amines) is 1. The van der Waals surface area contributed by atoms with Crippen LogP contribution in [0.15, 0.2) is 0 Å². The number of nitrogens with one attached hydrogen (secondary N) is 1. The minimum absolute atomic E-state index is 0.0600. The van der Waals surface area contributed by atoms with Gasteiger partial charge in [-0.2, -0.15) is 5.26 Å². The Morgan fingerprint density at radius 2 is 2.04 bits per heavy atom. The average molecular weight is 319 g/mol. The fraction of sp³-hybridized carbons (Fsp3) is 0.889. The highest BCUT2D eigenvalue weighted by Gasteiger charge is 2.49. The minimum atomic E-state index is -0.480. The Bertz CT molecular complexity index is 485. The second-order valence-corrected chi connectivity index (χ2v) is 8.11. The standard InChI is InChI=1S/C18H29N3O2/c1-12(2)18(23)8-13-6-15(7-14(13)9-18)20-11-17(22)21-5-3-4-16(21)10-19/h12-16,20,23H,3-9,11H2,1-2H3/t13-,14+,15-,16-,18-/m0/s1. The van der Waals surface area contributed by atoms with Gasteiger partial charge in [-0.3, -0.25) is 4.79 Å². The van der Waals surface area contributed by atoms with Crippen LogP contribution in [0.2, 0.25) is 0 Å². The van der Waals surface area contributed by atoms with E-state index in [1.165, 1.54) is 0 Å². The molecular formula is C18H29N3O2. The van der Waals surface area contributed by atoms with E-state index in [0.717, 1.165) is 45.1 Å². The van der Waals surface area contributed by atoms with Crippen molar-refractivity contribution in [2.24, 2.45) is 17.8 Å². The molecule has 0 aromatic carbocycles. The van der Waals surface area contributed by atoms with Crippen molar-refractivity contribution in [1.82, 2.24) is 10.2 Å². The summed E-state index contributed by atoms with van der Waals surface area (Å²) < 4.78 is 0. The van der Waals surface area contributed by atoms with Gasteiger partial charge >= 0.3 is 0 Å². The van der Waals surface area contributed by atoms with Crippen LogP contribution in [0, 0.1) is 29.1 Å². The summed E-state index contributed by atoms with van der Waals surface area (Å²) in [6, 6.07) is 2.38. The lowest BCUT2D eigenvalue weighted by Crippen LogP contribution is -2.43. The first-order valence-electron chi connectivity index (χ1n) is 9.08. The average Bonchev–Trinajstić information content (AvgIpc) is 3.17. The third-order valence-corrected chi connectivity index (χ3v) is 6.41. The van der Waals surface area contributed by atoms with Gasteiger partial charge in [0.15, 0.2) is 0 Å². The molecule has 128 valence electrons. The third kappa shape index (κ3) is 3.25.